The molecule has 0 bridgehead atoms. The summed E-state index contributed by atoms with van der Waals surface area (Å²) in [7, 11) is 3.93. The maximum atomic E-state index is 9.62. The molecule has 0 aliphatic rings. The summed E-state index contributed by atoms with van der Waals surface area (Å²) in [5.41, 5.74) is 2.83. The smallest absolute Gasteiger partial charge is 0.299 e. The number of aromatic nitrogens is 2. The van der Waals surface area contributed by atoms with Crippen molar-refractivity contribution in [2.75, 3.05) is 26.5 Å². The summed E-state index contributed by atoms with van der Waals surface area (Å²) >= 11 is 0. The van der Waals surface area contributed by atoms with E-state index in [4.69, 9.17) is 29.3 Å². The second kappa shape index (κ2) is 9.50. The van der Waals surface area contributed by atoms with E-state index in [1.54, 1.807) is 21.3 Å². The van der Waals surface area contributed by atoms with Crippen molar-refractivity contribution in [2.24, 2.45) is 0 Å². The molecule has 2 heterocycles. The number of fused-ring (bicyclic) bond motifs is 1. The first-order chi connectivity index (χ1) is 14.9. The van der Waals surface area contributed by atoms with Gasteiger partial charge in [0.15, 0.2) is 17.6 Å². The van der Waals surface area contributed by atoms with Crippen LogP contribution in [0.3, 0.4) is 0 Å². The van der Waals surface area contributed by atoms with E-state index < -0.39 is 10.7 Å². The maximum absolute atomic E-state index is 9.62. The molecule has 0 fully saturated rings. The van der Waals surface area contributed by atoms with E-state index in [0.29, 0.717) is 34.4 Å². The molecule has 0 aliphatic heterocycles. The number of thiophene rings is 1. The predicted molar refractivity (Wildman–Crippen MR) is 124 cm³/mol. The van der Waals surface area contributed by atoms with Gasteiger partial charge in [-0.3, -0.25) is 0 Å². The number of hydrogen-bond donors (Lipinski definition) is 1. The van der Waals surface area contributed by atoms with Gasteiger partial charge in [0.2, 0.25) is 5.75 Å². The highest BCUT2D eigenvalue weighted by Gasteiger charge is 2.30. The third-order valence-electron chi connectivity index (χ3n) is 5.65. The quantitative estimate of drug-likeness (QED) is 0.501. The van der Waals surface area contributed by atoms with Gasteiger partial charge in [0.25, 0.3) is 9.71 Å². The summed E-state index contributed by atoms with van der Waals surface area (Å²) in [6.45, 7) is 6.26. The molecule has 1 atom stereocenters. The van der Waals surface area contributed by atoms with Crippen molar-refractivity contribution in [3.05, 3.63) is 39.7 Å². The normalized spacial score (nSPS) is 11.6. The number of ether oxygens (including phenoxy) is 3. The van der Waals surface area contributed by atoms with Crippen LogP contribution in [0.5, 0.6) is 17.2 Å². The van der Waals surface area contributed by atoms with Crippen LogP contribution in [-0.4, -0.2) is 31.3 Å². The Morgan fingerprint density at radius 3 is 2.16 bits per heavy atom. The monoisotopic (exact) mass is 441 g/mol. The molecule has 31 heavy (non-hydrogen) atoms. The molecular weight excluding hydrogens is 412 g/mol. The number of aryl methyl sites for hydroxylation is 1. The van der Waals surface area contributed by atoms with Crippen molar-refractivity contribution >= 4 is 20.9 Å². The first-order valence-electron chi connectivity index (χ1n) is 10.2. The number of nitrogens with zero attached hydrogens (tertiary/aromatic N) is 3. The van der Waals surface area contributed by atoms with Gasteiger partial charge in [0.05, 0.1) is 32.4 Å². The van der Waals surface area contributed by atoms with E-state index in [-0.39, 0.29) is 5.92 Å². The molecule has 2 N–H and O–H groups in total. The topological polar surface area (TPSA) is 103 Å². The molecular formula is C23H29N4O3S+. The van der Waals surface area contributed by atoms with E-state index in [2.05, 4.69) is 19.9 Å². The van der Waals surface area contributed by atoms with Crippen LogP contribution >= 0.6 is 10.7 Å². The van der Waals surface area contributed by atoms with Crippen LogP contribution in [0.25, 0.3) is 10.2 Å². The lowest BCUT2D eigenvalue weighted by Crippen LogP contribution is -2.07. The van der Waals surface area contributed by atoms with E-state index >= 15 is 0 Å². The zero-order chi connectivity index (χ0) is 22.7. The van der Waals surface area contributed by atoms with Crippen molar-refractivity contribution in [1.82, 2.24) is 9.97 Å². The van der Waals surface area contributed by atoms with Crippen LogP contribution in [0.15, 0.2) is 12.1 Å². The SMILES string of the molecule is CCC(CC)c1nc(Cc2cc(OC)c(OC)c(OC)c2)nc2c1c(C)c(C#N)[s+]2N. The van der Waals surface area contributed by atoms with Gasteiger partial charge in [-0.1, -0.05) is 13.8 Å². The molecule has 0 saturated carbocycles. The molecule has 0 saturated heterocycles. The highest BCUT2D eigenvalue weighted by Crippen LogP contribution is 2.41. The minimum Gasteiger partial charge on any atom is -0.493 e. The molecule has 164 valence electrons. The Balaban J connectivity index is 2.20. The van der Waals surface area contributed by atoms with E-state index in [9.17, 15) is 5.26 Å². The molecule has 0 aliphatic carbocycles. The average Bonchev–Trinajstić information content (AvgIpc) is 3.03. The summed E-state index contributed by atoms with van der Waals surface area (Å²) in [5.74, 6) is 2.66. The number of rotatable bonds is 8. The summed E-state index contributed by atoms with van der Waals surface area (Å²) in [6, 6.07) is 6.08. The van der Waals surface area contributed by atoms with Crippen LogP contribution in [-0.2, 0) is 6.42 Å². The van der Waals surface area contributed by atoms with Crippen LogP contribution in [0.4, 0.5) is 0 Å². The van der Waals surface area contributed by atoms with Crippen LogP contribution in [0.1, 0.15) is 60.1 Å². The molecule has 1 aromatic carbocycles. The predicted octanol–water partition coefficient (Wildman–Crippen LogP) is 4.79. The Morgan fingerprint density at radius 1 is 1.06 bits per heavy atom. The van der Waals surface area contributed by atoms with E-state index in [1.807, 2.05) is 19.1 Å². The third kappa shape index (κ3) is 4.03. The van der Waals surface area contributed by atoms with Gasteiger partial charge in [-0.15, -0.1) is 5.14 Å². The highest BCUT2D eigenvalue weighted by atomic mass is 32.2. The van der Waals surface area contributed by atoms with Gasteiger partial charge in [-0.2, -0.15) is 10.2 Å². The summed E-state index contributed by atoms with van der Waals surface area (Å²) in [6.07, 6.45) is 2.39. The molecule has 2 aromatic heterocycles. The summed E-state index contributed by atoms with van der Waals surface area (Å²) in [5, 5.41) is 17.0. The molecule has 0 spiro atoms. The first kappa shape index (κ1) is 22.8. The largest absolute Gasteiger partial charge is 0.493 e. The number of nitrogens with two attached hydrogens (primary N) is 1. The number of nitrogen functional groups attached to an aromatic ring is 1. The molecule has 3 aromatic rings. The van der Waals surface area contributed by atoms with E-state index in [1.165, 1.54) is 0 Å². The Hall–Kier alpha value is -2.89. The van der Waals surface area contributed by atoms with E-state index in [0.717, 1.165) is 39.9 Å². The lowest BCUT2D eigenvalue weighted by molar-refractivity contribution is 0.324. The van der Waals surface area contributed by atoms with Crippen molar-refractivity contribution < 1.29 is 14.2 Å². The fourth-order valence-corrected chi connectivity index (χ4v) is 5.40. The van der Waals surface area contributed by atoms with Gasteiger partial charge < -0.3 is 14.2 Å². The second-order valence-corrected chi connectivity index (χ2v) is 8.80. The Kier molecular flexibility index (Phi) is 6.98. The molecule has 8 heteroatoms. The zero-order valence-corrected chi connectivity index (χ0v) is 19.7. The molecule has 3 rings (SSSR count). The first-order valence-corrected chi connectivity index (χ1v) is 11.5. The van der Waals surface area contributed by atoms with Crippen molar-refractivity contribution in [3.8, 4) is 23.3 Å². The summed E-state index contributed by atoms with van der Waals surface area (Å²) in [4.78, 5) is 11.2. The lowest BCUT2D eigenvalue weighted by atomic mass is 9.95. The van der Waals surface area contributed by atoms with Crippen molar-refractivity contribution in [1.29, 1.82) is 5.26 Å². The zero-order valence-electron chi connectivity index (χ0n) is 18.9. The van der Waals surface area contributed by atoms with Gasteiger partial charge in [0, 0.05) is 17.9 Å². The molecule has 0 amide bonds. The van der Waals surface area contributed by atoms with Crippen LogP contribution < -0.4 is 19.3 Å². The van der Waals surface area contributed by atoms with Gasteiger partial charge >= 0.3 is 0 Å². The average molecular weight is 442 g/mol. The van der Waals surface area contributed by atoms with Crippen molar-refractivity contribution in [2.45, 2.75) is 46.0 Å². The molecule has 7 nitrogen and oxygen atoms in total. The highest BCUT2D eigenvalue weighted by molar-refractivity contribution is 7.37. The Labute approximate surface area is 185 Å². The minimum atomic E-state index is -0.834. The number of nitriles is 1. The van der Waals surface area contributed by atoms with Crippen LogP contribution in [0.2, 0.25) is 0 Å². The van der Waals surface area contributed by atoms with Gasteiger partial charge in [-0.05, 0) is 37.5 Å². The lowest BCUT2D eigenvalue weighted by Gasteiger charge is -2.15. The van der Waals surface area contributed by atoms with Gasteiger partial charge in [0.1, 0.15) is 16.5 Å². The number of methoxy groups -OCH3 is 3. The summed E-state index contributed by atoms with van der Waals surface area (Å²) < 4.78 is 16.4. The fraction of sp³-hybridized carbons (Fsp3) is 0.435. The van der Waals surface area contributed by atoms with Gasteiger partial charge in [-0.25, -0.2) is 4.98 Å². The number of hydrogen-bond acceptors (Lipinski definition) is 7. The fourth-order valence-electron chi connectivity index (χ4n) is 3.99. The van der Waals surface area contributed by atoms with Crippen LogP contribution in [0, 0.1) is 18.3 Å². The Bertz CT molecular complexity index is 1120. The standard InChI is InChI=1S/C23H29N4O3S/c1-7-15(8-2)21-20-13(3)18(12-24)31(25)23(20)27-19(26-21)11-14-9-16(28-4)22(30-6)17(10-14)29-5/h9-10,15H,7-8,11,25H2,1-6H3/q+1. The third-order valence-corrected chi connectivity index (χ3v) is 7.20. The number of benzene rings is 1. The molecule has 0 radical (unpaired) electrons. The Morgan fingerprint density at radius 2 is 1.68 bits per heavy atom. The minimum absolute atomic E-state index is 0.278. The second-order valence-electron chi connectivity index (χ2n) is 7.33. The molecule has 1 unspecified atom stereocenters. The van der Waals surface area contributed by atoms with Crippen molar-refractivity contribution in [3.63, 3.8) is 0 Å². The maximum Gasteiger partial charge on any atom is 0.299 e.